The van der Waals surface area contributed by atoms with E-state index in [9.17, 15) is 4.79 Å². The van der Waals surface area contributed by atoms with Crippen LogP contribution >= 0.6 is 35.0 Å². The number of para-hydroxylation sites is 1. The second-order valence-corrected chi connectivity index (χ2v) is 6.12. The fourth-order valence-corrected chi connectivity index (χ4v) is 2.92. The van der Waals surface area contributed by atoms with E-state index < -0.39 is 0 Å². The lowest BCUT2D eigenvalue weighted by Crippen LogP contribution is -2.13. The normalized spacial score (nSPS) is 10.4. The standard InChI is InChI=1S/C15H14Cl2N2OS/c16-11-5-3-4-10(15(11)17)8-19-12-6-1-2-7-13(12)21-9-14(18)20/h1-7,19H,8-9H2,(H2,18,20). The third-order valence-corrected chi connectivity index (χ3v) is 4.71. The second-order valence-electron chi connectivity index (χ2n) is 4.32. The Morgan fingerprint density at radius 1 is 1.14 bits per heavy atom. The van der Waals surface area contributed by atoms with Gasteiger partial charge in [0.2, 0.25) is 5.91 Å². The number of nitrogens with two attached hydrogens (primary N) is 1. The monoisotopic (exact) mass is 340 g/mol. The van der Waals surface area contributed by atoms with Gasteiger partial charge in [-0.1, -0.05) is 47.5 Å². The van der Waals surface area contributed by atoms with Gasteiger partial charge in [0, 0.05) is 17.1 Å². The van der Waals surface area contributed by atoms with Crippen LogP contribution in [0.3, 0.4) is 0 Å². The minimum Gasteiger partial charge on any atom is -0.380 e. The number of rotatable bonds is 6. The number of nitrogens with one attached hydrogen (secondary N) is 1. The van der Waals surface area contributed by atoms with E-state index in [1.54, 1.807) is 6.07 Å². The van der Waals surface area contributed by atoms with Crippen molar-refractivity contribution in [1.29, 1.82) is 0 Å². The number of primary amides is 1. The average molecular weight is 341 g/mol. The van der Waals surface area contributed by atoms with E-state index in [1.807, 2.05) is 36.4 Å². The van der Waals surface area contributed by atoms with Gasteiger partial charge in [0.15, 0.2) is 0 Å². The molecule has 2 aromatic rings. The van der Waals surface area contributed by atoms with Crippen LogP contribution < -0.4 is 11.1 Å². The van der Waals surface area contributed by atoms with Gasteiger partial charge in [0.05, 0.1) is 15.8 Å². The van der Waals surface area contributed by atoms with Crippen LogP contribution in [-0.2, 0) is 11.3 Å². The van der Waals surface area contributed by atoms with Gasteiger partial charge in [0.25, 0.3) is 0 Å². The summed E-state index contributed by atoms with van der Waals surface area (Å²) in [5.41, 5.74) is 7.03. The molecular formula is C15H14Cl2N2OS. The number of carbonyl (C=O) groups is 1. The smallest absolute Gasteiger partial charge is 0.227 e. The van der Waals surface area contributed by atoms with Crippen LogP contribution in [0, 0.1) is 0 Å². The van der Waals surface area contributed by atoms with E-state index in [4.69, 9.17) is 28.9 Å². The van der Waals surface area contributed by atoms with Crippen molar-refractivity contribution < 1.29 is 4.79 Å². The first-order valence-corrected chi connectivity index (χ1v) is 7.99. The lowest BCUT2D eigenvalue weighted by atomic mass is 10.2. The molecule has 0 saturated carbocycles. The Kier molecular flexibility index (Phi) is 5.79. The Morgan fingerprint density at radius 3 is 2.67 bits per heavy atom. The first-order valence-electron chi connectivity index (χ1n) is 6.25. The van der Waals surface area contributed by atoms with Crippen molar-refractivity contribution >= 4 is 46.6 Å². The van der Waals surface area contributed by atoms with Gasteiger partial charge in [0.1, 0.15) is 0 Å². The molecular weight excluding hydrogens is 327 g/mol. The first-order chi connectivity index (χ1) is 10.1. The van der Waals surface area contributed by atoms with E-state index >= 15 is 0 Å². The molecule has 0 aliphatic carbocycles. The highest BCUT2D eigenvalue weighted by atomic mass is 35.5. The number of halogens is 2. The molecule has 0 aromatic heterocycles. The molecule has 3 nitrogen and oxygen atoms in total. The summed E-state index contributed by atoms with van der Waals surface area (Å²) in [6.07, 6.45) is 0. The van der Waals surface area contributed by atoms with Crippen LogP contribution in [0.4, 0.5) is 5.69 Å². The summed E-state index contributed by atoms with van der Waals surface area (Å²) in [6.45, 7) is 0.549. The van der Waals surface area contributed by atoms with Crippen LogP contribution in [-0.4, -0.2) is 11.7 Å². The maximum absolute atomic E-state index is 10.9. The predicted octanol–water partition coefficient (Wildman–Crippen LogP) is 4.18. The maximum atomic E-state index is 10.9. The van der Waals surface area contributed by atoms with Gasteiger partial charge >= 0.3 is 0 Å². The van der Waals surface area contributed by atoms with Crippen LogP contribution in [0.15, 0.2) is 47.4 Å². The average Bonchev–Trinajstić information content (AvgIpc) is 2.47. The van der Waals surface area contributed by atoms with Crippen molar-refractivity contribution in [3.63, 3.8) is 0 Å². The zero-order valence-corrected chi connectivity index (χ0v) is 13.4. The Hall–Kier alpha value is -1.36. The SMILES string of the molecule is NC(=O)CSc1ccccc1NCc1cccc(Cl)c1Cl. The lowest BCUT2D eigenvalue weighted by molar-refractivity contribution is -0.115. The van der Waals surface area contributed by atoms with Gasteiger partial charge in [-0.3, -0.25) is 4.79 Å². The summed E-state index contributed by atoms with van der Waals surface area (Å²) in [7, 11) is 0. The van der Waals surface area contributed by atoms with Crippen molar-refractivity contribution in [2.75, 3.05) is 11.1 Å². The first kappa shape index (κ1) is 16.0. The predicted molar refractivity (Wildman–Crippen MR) is 90.1 cm³/mol. The molecule has 21 heavy (non-hydrogen) atoms. The molecule has 2 aromatic carbocycles. The van der Waals surface area contributed by atoms with E-state index in [0.717, 1.165) is 16.1 Å². The van der Waals surface area contributed by atoms with Crippen LogP contribution in [0.1, 0.15) is 5.56 Å². The number of amides is 1. The Balaban J connectivity index is 2.09. The molecule has 0 heterocycles. The molecule has 6 heteroatoms. The minimum atomic E-state index is -0.340. The number of anilines is 1. The second kappa shape index (κ2) is 7.59. The number of thioether (sulfide) groups is 1. The largest absolute Gasteiger partial charge is 0.380 e. The fraction of sp³-hybridized carbons (Fsp3) is 0.133. The van der Waals surface area contributed by atoms with Crippen LogP contribution in [0.2, 0.25) is 10.0 Å². The molecule has 1 amide bonds. The number of benzene rings is 2. The third kappa shape index (κ3) is 4.56. The Labute approximate surface area is 137 Å². The van der Waals surface area contributed by atoms with E-state index in [0.29, 0.717) is 16.6 Å². The minimum absolute atomic E-state index is 0.247. The van der Waals surface area contributed by atoms with Crippen molar-refractivity contribution in [2.45, 2.75) is 11.4 Å². The zero-order valence-electron chi connectivity index (χ0n) is 11.1. The number of hydrogen-bond acceptors (Lipinski definition) is 3. The molecule has 0 spiro atoms. The number of hydrogen-bond donors (Lipinski definition) is 2. The maximum Gasteiger partial charge on any atom is 0.227 e. The zero-order chi connectivity index (χ0) is 15.2. The molecule has 0 aliphatic rings. The number of carbonyl (C=O) groups excluding carboxylic acids is 1. The van der Waals surface area contributed by atoms with Gasteiger partial charge in [-0.15, -0.1) is 11.8 Å². The van der Waals surface area contributed by atoms with Crippen molar-refractivity contribution in [3.05, 3.63) is 58.1 Å². The summed E-state index contributed by atoms with van der Waals surface area (Å²) in [4.78, 5) is 11.9. The molecule has 0 atom stereocenters. The van der Waals surface area contributed by atoms with Crippen molar-refractivity contribution in [2.24, 2.45) is 5.73 Å². The summed E-state index contributed by atoms with van der Waals surface area (Å²) in [5.74, 6) is -0.0935. The van der Waals surface area contributed by atoms with E-state index in [2.05, 4.69) is 5.32 Å². The Bertz CT molecular complexity index is 649. The quantitative estimate of drug-likeness (QED) is 0.775. The van der Waals surface area contributed by atoms with Crippen molar-refractivity contribution in [1.82, 2.24) is 0 Å². The molecule has 0 radical (unpaired) electrons. The highest BCUT2D eigenvalue weighted by Gasteiger charge is 2.07. The third-order valence-electron chi connectivity index (χ3n) is 2.76. The summed E-state index contributed by atoms with van der Waals surface area (Å²) in [5, 5.41) is 4.39. The molecule has 0 saturated heterocycles. The summed E-state index contributed by atoms with van der Waals surface area (Å²) in [6, 6.07) is 13.3. The van der Waals surface area contributed by atoms with E-state index in [-0.39, 0.29) is 11.7 Å². The molecule has 2 rings (SSSR count). The van der Waals surface area contributed by atoms with E-state index in [1.165, 1.54) is 11.8 Å². The molecule has 3 N–H and O–H groups in total. The van der Waals surface area contributed by atoms with Gasteiger partial charge in [-0.2, -0.15) is 0 Å². The Morgan fingerprint density at radius 2 is 1.90 bits per heavy atom. The van der Waals surface area contributed by atoms with Gasteiger partial charge in [-0.25, -0.2) is 0 Å². The topological polar surface area (TPSA) is 55.1 Å². The molecule has 110 valence electrons. The van der Waals surface area contributed by atoms with Crippen LogP contribution in [0.5, 0.6) is 0 Å². The molecule has 0 bridgehead atoms. The molecule has 0 unspecified atom stereocenters. The van der Waals surface area contributed by atoms with Crippen LogP contribution in [0.25, 0.3) is 0 Å². The highest BCUT2D eigenvalue weighted by Crippen LogP contribution is 2.29. The van der Waals surface area contributed by atoms with Gasteiger partial charge in [-0.05, 0) is 23.8 Å². The fourth-order valence-electron chi connectivity index (χ4n) is 1.76. The highest BCUT2D eigenvalue weighted by molar-refractivity contribution is 8.00. The summed E-state index contributed by atoms with van der Waals surface area (Å²) < 4.78 is 0. The molecule has 0 aliphatic heterocycles. The lowest BCUT2D eigenvalue weighted by Gasteiger charge is -2.12. The summed E-state index contributed by atoms with van der Waals surface area (Å²) >= 11 is 13.6. The van der Waals surface area contributed by atoms with Gasteiger partial charge < -0.3 is 11.1 Å². The molecule has 0 fully saturated rings. The van der Waals surface area contributed by atoms with Crippen molar-refractivity contribution in [3.8, 4) is 0 Å².